The van der Waals surface area contributed by atoms with Gasteiger partial charge in [0, 0.05) is 16.3 Å². The van der Waals surface area contributed by atoms with E-state index in [0.717, 1.165) is 0 Å². The van der Waals surface area contributed by atoms with E-state index >= 15 is 0 Å². The molecular formula is C16H14ClN3O4. The van der Waals surface area contributed by atoms with E-state index in [9.17, 15) is 14.7 Å². The maximum absolute atomic E-state index is 11.7. The fourth-order valence-corrected chi connectivity index (χ4v) is 1.87. The van der Waals surface area contributed by atoms with Crippen LogP contribution in [0.25, 0.3) is 0 Å². The molecule has 124 valence electrons. The third kappa shape index (κ3) is 4.47. The summed E-state index contributed by atoms with van der Waals surface area (Å²) in [5.41, 5.74) is 2.82. The molecule has 0 aromatic heterocycles. The summed E-state index contributed by atoms with van der Waals surface area (Å²) >= 11 is 5.73. The Labute approximate surface area is 142 Å². The van der Waals surface area contributed by atoms with Gasteiger partial charge in [0.2, 0.25) is 0 Å². The molecule has 0 aliphatic rings. The second-order valence-corrected chi connectivity index (χ2v) is 4.99. The number of amides is 2. The maximum atomic E-state index is 11.7. The molecule has 0 atom stereocenters. The number of phenols is 1. The van der Waals surface area contributed by atoms with Crippen molar-refractivity contribution in [3.63, 3.8) is 0 Å². The minimum absolute atomic E-state index is 0.122. The van der Waals surface area contributed by atoms with Crippen molar-refractivity contribution in [1.82, 2.24) is 5.43 Å². The van der Waals surface area contributed by atoms with Crippen molar-refractivity contribution in [3.05, 3.63) is 53.1 Å². The van der Waals surface area contributed by atoms with Crippen molar-refractivity contribution < 1.29 is 19.4 Å². The van der Waals surface area contributed by atoms with Crippen LogP contribution < -0.4 is 15.5 Å². The monoisotopic (exact) mass is 347 g/mol. The fourth-order valence-electron chi connectivity index (χ4n) is 1.74. The van der Waals surface area contributed by atoms with Gasteiger partial charge in [-0.15, -0.1) is 0 Å². The lowest BCUT2D eigenvalue weighted by Crippen LogP contribution is -2.32. The summed E-state index contributed by atoms with van der Waals surface area (Å²) in [7, 11) is 1.42. The molecule has 0 bridgehead atoms. The number of ether oxygens (including phenoxy) is 1. The van der Waals surface area contributed by atoms with Gasteiger partial charge in [0.1, 0.15) is 0 Å². The van der Waals surface area contributed by atoms with Crippen molar-refractivity contribution in [2.75, 3.05) is 12.4 Å². The van der Waals surface area contributed by atoms with Gasteiger partial charge in [-0.3, -0.25) is 9.59 Å². The van der Waals surface area contributed by atoms with Gasteiger partial charge >= 0.3 is 11.8 Å². The van der Waals surface area contributed by atoms with Gasteiger partial charge in [0.25, 0.3) is 0 Å². The van der Waals surface area contributed by atoms with Gasteiger partial charge in [-0.2, -0.15) is 5.10 Å². The first-order valence-corrected chi connectivity index (χ1v) is 7.15. The van der Waals surface area contributed by atoms with E-state index in [2.05, 4.69) is 15.8 Å². The Hall–Kier alpha value is -3.06. The minimum atomic E-state index is -0.955. The minimum Gasteiger partial charge on any atom is -0.504 e. The highest BCUT2D eigenvalue weighted by Gasteiger charge is 2.13. The Kier molecular flexibility index (Phi) is 5.75. The van der Waals surface area contributed by atoms with Crippen molar-refractivity contribution in [2.45, 2.75) is 0 Å². The van der Waals surface area contributed by atoms with Crippen LogP contribution in [0.2, 0.25) is 5.02 Å². The Morgan fingerprint density at radius 2 is 1.88 bits per heavy atom. The predicted molar refractivity (Wildman–Crippen MR) is 90.5 cm³/mol. The normalized spacial score (nSPS) is 10.4. The molecular weight excluding hydrogens is 334 g/mol. The fraction of sp³-hybridized carbons (Fsp3) is 0.0625. The van der Waals surface area contributed by atoms with E-state index in [1.165, 1.54) is 13.3 Å². The zero-order valence-electron chi connectivity index (χ0n) is 12.6. The molecule has 0 saturated heterocycles. The first kappa shape index (κ1) is 17.3. The number of para-hydroxylation sites is 1. The summed E-state index contributed by atoms with van der Waals surface area (Å²) in [4.78, 5) is 23.4. The van der Waals surface area contributed by atoms with E-state index in [1.807, 2.05) is 0 Å². The second kappa shape index (κ2) is 7.98. The lowest BCUT2D eigenvalue weighted by atomic mass is 10.2. The molecule has 8 heteroatoms. The Morgan fingerprint density at radius 3 is 2.54 bits per heavy atom. The number of phenolic OH excluding ortho intramolecular Hbond substituents is 1. The SMILES string of the molecule is COc1cccc(/C=N\NC(=O)C(=O)Nc2ccc(Cl)cc2)c1O. The number of aromatic hydroxyl groups is 1. The zero-order chi connectivity index (χ0) is 17.5. The van der Waals surface area contributed by atoms with Gasteiger partial charge < -0.3 is 15.2 Å². The number of methoxy groups -OCH3 is 1. The molecule has 24 heavy (non-hydrogen) atoms. The van der Waals surface area contributed by atoms with Gasteiger partial charge in [0.05, 0.1) is 13.3 Å². The van der Waals surface area contributed by atoms with E-state index in [-0.39, 0.29) is 11.5 Å². The van der Waals surface area contributed by atoms with Crippen molar-refractivity contribution >= 4 is 35.3 Å². The number of hydrazone groups is 1. The molecule has 0 fully saturated rings. The van der Waals surface area contributed by atoms with Crippen molar-refractivity contribution in [1.29, 1.82) is 0 Å². The summed E-state index contributed by atoms with van der Waals surface area (Å²) in [5.74, 6) is -1.69. The molecule has 0 aliphatic carbocycles. The van der Waals surface area contributed by atoms with Crippen LogP contribution in [-0.2, 0) is 9.59 Å². The van der Waals surface area contributed by atoms with Crippen LogP contribution in [0.1, 0.15) is 5.56 Å². The van der Waals surface area contributed by atoms with Crippen LogP contribution in [0.5, 0.6) is 11.5 Å². The maximum Gasteiger partial charge on any atom is 0.329 e. The summed E-state index contributed by atoms with van der Waals surface area (Å²) in [5, 5.41) is 16.4. The highest BCUT2D eigenvalue weighted by Crippen LogP contribution is 2.27. The zero-order valence-corrected chi connectivity index (χ0v) is 13.4. The number of anilines is 1. The van der Waals surface area contributed by atoms with Crippen LogP contribution in [0, 0.1) is 0 Å². The Morgan fingerprint density at radius 1 is 1.17 bits per heavy atom. The average Bonchev–Trinajstić information content (AvgIpc) is 2.58. The molecule has 0 aliphatic heterocycles. The quantitative estimate of drug-likeness (QED) is 0.448. The summed E-state index contributed by atoms with van der Waals surface area (Å²) in [6.07, 6.45) is 1.20. The first-order valence-electron chi connectivity index (χ1n) is 6.77. The van der Waals surface area contributed by atoms with Crippen LogP contribution in [0.3, 0.4) is 0 Å². The molecule has 2 aromatic carbocycles. The number of hydrogen-bond donors (Lipinski definition) is 3. The molecule has 0 unspecified atom stereocenters. The molecule has 2 amide bonds. The number of rotatable bonds is 4. The lowest BCUT2D eigenvalue weighted by Gasteiger charge is -2.05. The standard InChI is InChI=1S/C16H14ClN3O4/c1-24-13-4-2-3-10(14(13)21)9-18-20-16(23)15(22)19-12-7-5-11(17)6-8-12/h2-9,21H,1H3,(H,19,22)(H,20,23)/b18-9-. The van der Waals surface area contributed by atoms with Crippen LogP contribution in [0.15, 0.2) is 47.6 Å². The van der Waals surface area contributed by atoms with Gasteiger partial charge in [0.15, 0.2) is 11.5 Å². The molecule has 0 heterocycles. The van der Waals surface area contributed by atoms with E-state index in [1.54, 1.807) is 42.5 Å². The molecule has 0 saturated carbocycles. The van der Waals surface area contributed by atoms with E-state index in [4.69, 9.17) is 16.3 Å². The number of nitrogens with zero attached hydrogens (tertiary/aromatic N) is 1. The summed E-state index contributed by atoms with van der Waals surface area (Å²) < 4.78 is 4.95. The number of carbonyl (C=O) groups excluding carboxylic acids is 2. The van der Waals surface area contributed by atoms with Gasteiger partial charge in [-0.05, 0) is 36.4 Å². The topological polar surface area (TPSA) is 100 Å². The summed E-state index contributed by atoms with van der Waals surface area (Å²) in [6, 6.07) is 11.1. The van der Waals surface area contributed by atoms with Crippen LogP contribution in [0.4, 0.5) is 5.69 Å². The number of halogens is 1. The smallest absolute Gasteiger partial charge is 0.329 e. The molecule has 0 radical (unpaired) electrons. The van der Waals surface area contributed by atoms with Gasteiger partial charge in [-0.25, -0.2) is 5.43 Å². The molecule has 7 nitrogen and oxygen atoms in total. The lowest BCUT2D eigenvalue weighted by molar-refractivity contribution is -0.136. The molecule has 2 aromatic rings. The largest absolute Gasteiger partial charge is 0.504 e. The third-order valence-electron chi connectivity index (χ3n) is 2.93. The van der Waals surface area contributed by atoms with Crippen LogP contribution in [-0.4, -0.2) is 30.2 Å². The molecule has 0 spiro atoms. The van der Waals surface area contributed by atoms with E-state index in [0.29, 0.717) is 16.3 Å². The highest BCUT2D eigenvalue weighted by molar-refractivity contribution is 6.39. The number of nitrogens with one attached hydrogen (secondary N) is 2. The highest BCUT2D eigenvalue weighted by atomic mass is 35.5. The number of benzene rings is 2. The Bertz CT molecular complexity index is 775. The first-order chi connectivity index (χ1) is 11.5. The van der Waals surface area contributed by atoms with Crippen molar-refractivity contribution in [2.24, 2.45) is 5.10 Å². The second-order valence-electron chi connectivity index (χ2n) is 4.56. The Balaban J connectivity index is 1.95. The van der Waals surface area contributed by atoms with E-state index < -0.39 is 11.8 Å². The number of carbonyl (C=O) groups is 2. The number of hydrogen-bond acceptors (Lipinski definition) is 5. The average molecular weight is 348 g/mol. The summed E-state index contributed by atoms with van der Waals surface area (Å²) in [6.45, 7) is 0. The molecule has 3 N–H and O–H groups in total. The third-order valence-corrected chi connectivity index (χ3v) is 3.18. The predicted octanol–water partition coefficient (Wildman–Crippen LogP) is 2.14. The van der Waals surface area contributed by atoms with Crippen molar-refractivity contribution in [3.8, 4) is 11.5 Å². The molecule has 2 rings (SSSR count). The van der Waals surface area contributed by atoms with Crippen LogP contribution >= 0.6 is 11.6 Å². The van der Waals surface area contributed by atoms with Gasteiger partial charge in [-0.1, -0.05) is 17.7 Å².